The molecule has 0 aliphatic rings. The highest BCUT2D eigenvalue weighted by molar-refractivity contribution is 5.51. The lowest BCUT2D eigenvalue weighted by Gasteiger charge is -2.04. The Kier molecular flexibility index (Phi) is 2.61. The van der Waals surface area contributed by atoms with E-state index in [4.69, 9.17) is 0 Å². The van der Waals surface area contributed by atoms with Gasteiger partial charge >= 0.3 is 0 Å². The Bertz CT molecular complexity index is 341. The average molecular weight is 183 g/mol. The van der Waals surface area contributed by atoms with Crippen LogP contribution < -0.4 is 4.90 Å². The van der Waals surface area contributed by atoms with Gasteiger partial charge in [-0.2, -0.15) is 0 Å². The van der Waals surface area contributed by atoms with E-state index < -0.39 is 0 Å². The van der Waals surface area contributed by atoms with Crippen LogP contribution in [0, 0.1) is 0 Å². The number of nitrogens with zero attached hydrogens (tertiary/aromatic N) is 1. The summed E-state index contributed by atoms with van der Waals surface area (Å²) in [7, 11) is 2.07. The molecular weight excluding hydrogens is 170 g/mol. The van der Waals surface area contributed by atoms with Gasteiger partial charge < -0.3 is 0 Å². The molecule has 0 aromatic heterocycles. The van der Waals surface area contributed by atoms with E-state index in [1.54, 1.807) is 0 Å². The second-order valence-electron chi connectivity index (χ2n) is 3.23. The van der Waals surface area contributed by atoms with Crippen molar-refractivity contribution in [1.82, 2.24) is 4.90 Å². The molecular formula is C13H13N+. The minimum Gasteiger partial charge on any atom is -0.1000 e. The van der Waals surface area contributed by atoms with E-state index in [9.17, 15) is 0 Å². The van der Waals surface area contributed by atoms with Crippen LogP contribution in [0.5, 0.6) is 0 Å². The van der Waals surface area contributed by atoms with Crippen molar-refractivity contribution in [1.29, 1.82) is 0 Å². The minimum atomic E-state index is 1.21. The van der Waals surface area contributed by atoms with E-state index in [0.717, 1.165) is 0 Å². The van der Waals surface area contributed by atoms with Crippen molar-refractivity contribution in [3.8, 4) is 0 Å². The van der Waals surface area contributed by atoms with Crippen LogP contribution in [0.3, 0.4) is 0 Å². The Morgan fingerprint density at radius 3 is 1.36 bits per heavy atom. The van der Waals surface area contributed by atoms with Gasteiger partial charge in [0.25, 0.3) is 0 Å². The molecule has 0 aliphatic heterocycles. The van der Waals surface area contributed by atoms with Gasteiger partial charge in [0.2, 0.25) is 0 Å². The first-order valence-corrected chi connectivity index (χ1v) is 4.72. The van der Waals surface area contributed by atoms with Gasteiger partial charge in [-0.05, 0) is 0 Å². The first-order chi connectivity index (χ1) is 6.88. The standard InChI is InChI=1S/C13H13N/c1-14(12-8-4-2-5-9-12)13-10-6-3-7-11-13/h2-11H,1H3/q+1. The van der Waals surface area contributed by atoms with E-state index in [1.807, 2.05) is 12.1 Å². The van der Waals surface area contributed by atoms with E-state index >= 15 is 0 Å². The highest BCUT2D eigenvalue weighted by Crippen LogP contribution is 2.21. The van der Waals surface area contributed by atoms with Crippen LogP contribution in [-0.4, -0.2) is 7.05 Å². The third-order valence-corrected chi connectivity index (χ3v) is 2.29. The minimum absolute atomic E-state index is 1.21. The molecule has 0 bridgehead atoms. The molecule has 0 amide bonds. The normalized spacial score (nSPS) is 10.4. The van der Waals surface area contributed by atoms with Crippen LogP contribution in [-0.2, 0) is 0 Å². The molecule has 0 saturated carbocycles. The van der Waals surface area contributed by atoms with Crippen LogP contribution in [0.4, 0.5) is 11.4 Å². The summed E-state index contributed by atoms with van der Waals surface area (Å²) >= 11 is 0. The van der Waals surface area contributed by atoms with Gasteiger partial charge in [-0.3, -0.25) is 0 Å². The molecule has 1 heteroatoms. The van der Waals surface area contributed by atoms with Gasteiger partial charge in [0.1, 0.15) is 7.05 Å². The number of hydrogen-bond donors (Lipinski definition) is 0. The predicted molar refractivity (Wildman–Crippen MR) is 60.3 cm³/mol. The summed E-state index contributed by atoms with van der Waals surface area (Å²) in [6.45, 7) is 0. The third-order valence-electron chi connectivity index (χ3n) is 2.29. The van der Waals surface area contributed by atoms with Gasteiger partial charge in [0.05, 0.1) is 0 Å². The van der Waals surface area contributed by atoms with Crippen molar-refractivity contribution in [3.63, 3.8) is 0 Å². The Balaban J connectivity index is 2.30. The van der Waals surface area contributed by atoms with E-state index in [0.29, 0.717) is 0 Å². The Hall–Kier alpha value is -1.60. The second kappa shape index (κ2) is 4.07. The summed E-state index contributed by atoms with van der Waals surface area (Å²) in [6, 6.07) is 20.7. The van der Waals surface area contributed by atoms with Crippen LogP contribution in [0.2, 0.25) is 0 Å². The van der Waals surface area contributed by atoms with Gasteiger partial charge in [0.15, 0.2) is 11.4 Å². The van der Waals surface area contributed by atoms with E-state index in [2.05, 4.69) is 60.5 Å². The van der Waals surface area contributed by atoms with Crippen LogP contribution in [0.1, 0.15) is 0 Å². The summed E-state index contributed by atoms with van der Waals surface area (Å²) in [6.07, 6.45) is 0. The molecule has 69 valence electrons. The van der Waals surface area contributed by atoms with Crippen LogP contribution >= 0.6 is 0 Å². The highest BCUT2D eigenvalue weighted by atomic mass is 15.1. The quantitative estimate of drug-likeness (QED) is 0.629. The number of hydrogen-bond acceptors (Lipinski definition) is 1. The fourth-order valence-electron chi connectivity index (χ4n) is 1.45. The molecule has 2 rings (SSSR count). The SMILES string of the molecule is C[N+](c1ccccc1)c1ccccc1. The average Bonchev–Trinajstić information content (AvgIpc) is 2.30. The first-order valence-electron chi connectivity index (χ1n) is 4.72. The molecule has 2 aromatic carbocycles. The largest absolute Gasteiger partial charge is 0.186 e. The lowest BCUT2D eigenvalue weighted by molar-refractivity contribution is 0.844. The molecule has 14 heavy (non-hydrogen) atoms. The molecule has 1 nitrogen and oxygen atoms in total. The molecule has 1 radical (unpaired) electrons. The van der Waals surface area contributed by atoms with Crippen LogP contribution in [0.15, 0.2) is 60.7 Å². The molecule has 0 unspecified atom stereocenters. The van der Waals surface area contributed by atoms with E-state index in [1.165, 1.54) is 11.4 Å². The molecule has 0 atom stereocenters. The van der Waals surface area contributed by atoms with Crippen molar-refractivity contribution in [2.45, 2.75) is 0 Å². The topological polar surface area (TPSA) is 5.90 Å². The molecule has 0 heterocycles. The molecule has 0 N–H and O–H groups in total. The summed E-state index contributed by atoms with van der Waals surface area (Å²) in [4.78, 5) is 2.17. The second-order valence-corrected chi connectivity index (χ2v) is 3.23. The Morgan fingerprint density at radius 1 is 0.643 bits per heavy atom. The number of para-hydroxylation sites is 2. The third kappa shape index (κ3) is 1.83. The zero-order chi connectivity index (χ0) is 9.80. The fraction of sp³-hybridized carbons (Fsp3) is 0.0769. The maximum atomic E-state index is 2.17. The maximum Gasteiger partial charge on any atom is 0.186 e. The zero-order valence-electron chi connectivity index (χ0n) is 8.22. The highest BCUT2D eigenvalue weighted by Gasteiger charge is 2.13. The van der Waals surface area contributed by atoms with Gasteiger partial charge in [-0.25, -0.2) is 0 Å². The van der Waals surface area contributed by atoms with Crippen molar-refractivity contribution < 1.29 is 0 Å². The zero-order valence-corrected chi connectivity index (χ0v) is 8.22. The number of benzene rings is 2. The molecule has 0 saturated heterocycles. The summed E-state index contributed by atoms with van der Waals surface area (Å²) in [5.74, 6) is 0. The monoisotopic (exact) mass is 183 g/mol. The van der Waals surface area contributed by atoms with Crippen molar-refractivity contribution in [2.24, 2.45) is 0 Å². The molecule has 0 aliphatic carbocycles. The lowest BCUT2D eigenvalue weighted by atomic mass is 10.2. The Labute approximate surface area is 84.6 Å². The fourth-order valence-corrected chi connectivity index (χ4v) is 1.45. The summed E-state index contributed by atoms with van der Waals surface area (Å²) in [5.41, 5.74) is 2.41. The number of anilines is 2. The smallest absolute Gasteiger partial charge is 0.1000 e. The molecule has 0 spiro atoms. The lowest BCUT2D eigenvalue weighted by Crippen LogP contribution is -2.10. The van der Waals surface area contributed by atoms with Crippen LogP contribution in [0.25, 0.3) is 0 Å². The van der Waals surface area contributed by atoms with Gasteiger partial charge in [-0.15, -0.1) is 0 Å². The first kappa shape index (κ1) is 8.97. The van der Waals surface area contributed by atoms with Gasteiger partial charge in [-0.1, -0.05) is 41.3 Å². The van der Waals surface area contributed by atoms with Gasteiger partial charge in [0, 0.05) is 24.3 Å². The molecule has 2 aromatic rings. The summed E-state index contributed by atoms with van der Waals surface area (Å²) in [5, 5.41) is 0. The summed E-state index contributed by atoms with van der Waals surface area (Å²) < 4.78 is 0. The van der Waals surface area contributed by atoms with E-state index in [-0.39, 0.29) is 0 Å². The van der Waals surface area contributed by atoms with Crippen molar-refractivity contribution >= 4 is 11.4 Å². The maximum absolute atomic E-state index is 2.17. The predicted octanol–water partition coefficient (Wildman–Crippen LogP) is 3.42. The Morgan fingerprint density at radius 2 is 1.00 bits per heavy atom. The number of rotatable bonds is 2. The van der Waals surface area contributed by atoms with Crippen molar-refractivity contribution in [2.75, 3.05) is 7.05 Å². The van der Waals surface area contributed by atoms with Crippen molar-refractivity contribution in [3.05, 3.63) is 60.7 Å². The molecule has 0 fully saturated rings.